The summed E-state index contributed by atoms with van der Waals surface area (Å²) >= 11 is 0. The summed E-state index contributed by atoms with van der Waals surface area (Å²) in [5.74, 6) is -0.333. The van der Waals surface area contributed by atoms with Crippen LogP contribution in [0.4, 0.5) is 0 Å². The molecule has 0 heterocycles. The van der Waals surface area contributed by atoms with Gasteiger partial charge in [-0.25, -0.2) is 0 Å². The van der Waals surface area contributed by atoms with Crippen LogP contribution in [0.3, 0.4) is 0 Å². The van der Waals surface area contributed by atoms with Crippen LogP contribution in [-0.2, 0) is 11.2 Å². The van der Waals surface area contributed by atoms with Crippen molar-refractivity contribution in [1.29, 1.82) is 0 Å². The van der Waals surface area contributed by atoms with Gasteiger partial charge in [-0.1, -0.05) is 43.2 Å². The quantitative estimate of drug-likeness (QED) is 0.316. The second kappa shape index (κ2) is 9.00. The van der Waals surface area contributed by atoms with Crippen LogP contribution in [0.25, 0.3) is 10.4 Å². The first-order valence-corrected chi connectivity index (χ1v) is 7.10. The number of rotatable bonds is 9. The lowest BCUT2D eigenvalue weighted by Crippen LogP contribution is -2.29. The molecule has 0 saturated heterocycles. The van der Waals surface area contributed by atoms with Crippen molar-refractivity contribution in [2.75, 3.05) is 13.1 Å². The predicted molar refractivity (Wildman–Crippen MR) is 82.0 cm³/mol. The van der Waals surface area contributed by atoms with Crippen LogP contribution in [0.5, 0.6) is 0 Å². The molecule has 114 valence electrons. The molecule has 0 radical (unpaired) electrons. The van der Waals surface area contributed by atoms with E-state index in [0.29, 0.717) is 25.4 Å². The Bertz CT molecular complexity index is 493. The first-order chi connectivity index (χ1) is 10.0. The Kier molecular flexibility index (Phi) is 7.29. The highest BCUT2D eigenvalue weighted by molar-refractivity contribution is 5.75. The summed E-state index contributed by atoms with van der Waals surface area (Å²) in [4.78, 5) is 14.0. The highest BCUT2D eigenvalue weighted by Crippen LogP contribution is 2.16. The molecule has 1 atom stereocenters. The lowest BCUT2D eigenvalue weighted by molar-refractivity contribution is -0.139. The van der Waals surface area contributed by atoms with E-state index < -0.39 is 12.0 Å². The van der Waals surface area contributed by atoms with Gasteiger partial charge in [0.2, 0.25) is 0 Å². The molecule has 0 aliphatic rings. The molecule has 0 saturated carbocycles. The summed E-state index contributed by atoms with van der Waals surface area (Å²) in [5, 5.41) is 15.7. The van der Waals surface area contributed by atoms with Crippen molar-refractivity contribution in [2.45, 2.75) is 32.7 Å². The Balaban J connectivity index is 2.63. The molecule has 0 aliphatic carbocycles. The van der Waals surface area contributed by atoms with Gasteiger partial charge in [0, 0.05) is 11.5 Å². The zero-order valence-corrected chi connectivity index (χ0v) is 12.5. The molecule has 0 aliphatic heterocycles. The fourth-order valence-corrected chi connectivity index (χ4v) is 2.11. The van der Waals surface area contributed by atoms with Crippen molar-refractivity contribution in [2.24, 2.45) is 11.0 Å². The highest BCUT2D eigenvalue weighted by Gasteiger charge is 2.18. The lowest BCUT2D eigenvalue weighted by atomic mass is 9.99. The maximum absolute atomic E-state index is 11.3. The maximum atomic E-state index is 11.3. The normalized spacial score (nSPS) is 12.0. The number of aliphatic carboxylic acids is 1. The third-order valence-corrected chi connectivity index (χ3v) is 3.05. The van der Waals surface area contributed by atoms with Crippen molar-refractivity contribution in [3.05, 3.63) is 45.8 Å². The Morgan fingerprint density at radius 2 is 2.05 bits per heavy atom. The third-order valence-electron chi connectivity index (χ3n) is 3.05. The number of azide groups is 1. The van der Waals surface area contributed by atoms with Gasteiger partial charge in [-0.15, -0.1) is 0 Å². The standard InChI is InChI=1S/C15H22N4O2/c1-11(2)10-12-4-6-13(7-5-12)14(15(20)21)17-8-3-9-18-19-16/h4-7,11,14,17H,3,8-10H2,1-2H3,(H,20,21). The summed E-state index contributed by atoms with van der Waals surface area (Å²) in [6.07, 6.45) is 1.59. The minimum Gasteiger partial charge on any atom is -0.480 e. The molecule has 21 heavy (non-hydrogen) atoms. The van der Waals surface area contributed by atoms with E-state index in [0.717, 1.165) is 12.0 Å². The molecule has 0 spiro atoms. The van der Waals surface area contributed by atoms with Crippen LogP contribution in [0, 0.1) is 5.92 Å². The Hall–Kier alpha value is -2.04. The van der Waals surface area contributed by atoms with Crippen LogP contribution in [0.1, 0.15) is 37.4 Å². The number of carboxylic acid groups (broad SMARTS) is 1. The van der Waals surface area contributed by atoms with Crippen LogP contribution in [0.2, 0.25) is 0 Å². The molecule has 0 fully saturated rings. The van der Waals surface area contributed by atoms with E-state index in [4.69, 9.17) is 5.53 Å². The van der Waals surface area contributed by atoms with Crippen LogP contribution in [-0.4, -0.2) is 24.2 Å². The fourth-order valence-electron chi connectivity index (χ4n) is 2.11. The molecule has 1 rings (SSSR count). The topological polar surface area (TPSA) is 98.1 Å². The van der Waals surface area contributed by atoms with E-state index in [1.54, 1.807) is 0 Å². The monoisotopic (exact) mass is 290 g/mol. The van der Waals surface area contributed by atoms with Crippen molar-refractivity contribution in [1.82, 2.24) is 5.32 Å². The molecule has 2 N–H and O–H groups in total. The summed E-state index contributed by atoms with van der Waals surface area (Å²) in [6, 6.07) is 6.94. The first kappa shape index (κ1) is 17.0. The van der Waals surface area contributed by atoms with Crippen molar-refractivity contribution >= 4 is 5.97 Å². The molecule has 0 aromatic heterocycles. The van der Waals surface area contributed by atoms with Gasteiger partial charge < -0.3 is 10.4 Å². The molecular weight excluding hydrogens is 268 g/mol. The van der Waals surface area contributed by atoms with Crippen molar-refractivity contribution in [3.8, 4) is 0 Å². The largest absolute Gasteiger partial charge is 0.480 e. The molecule has 6 heteroatoms. The smallest absolute Gasteiger partial charge is 0.325 e. The minimum absolute atomic E-state index is 0.364. The lowest BCUT2D eigenvalue weighted by Gasteiger charge is -2.15. The average molecular weight is 290 g/mol. The van der Waals surface area contributed by atoms with Crippen LogP contribution >= 0.6 is 0 Å². The molecule has 6 nitrogen and oxygen atoms in total. The van der Waals surface area contributed by atoms with E-state index >= 15 is 0 Å². The van der Waals surface area contributed by atoms with E-state index in [1.165, 1.54) is 5.56 Å². The van der Waals surface area contributed by atoms with Gasteiger partial charge in [-0.2, -0.15) is 0 Å². The summed E-state index contributed by atoms with van der Waals surface area (Å²) in [6.45, 7) is 5.16. The Morgan fingerprint density at radius 1 is 1.38 bits per heavy atom. The van der Waals surface area contributed by atoms with E-state index in [-0.39, 0.29) is 0 Å². The number of hydrogen-bond donors (Lipinski definition) is 2. The molecule has 1 unspecified atom stereocenters. The van der Waals surface area contributed by atoms with Gasteiger partial charge in [0.05, 0.1) is 0 Å². The van der Waals surface area contributed by atoms with E-state index in [2.05, 4.69) is 29.2 Å². The van der Waals surface area contributed by atoms with Gasteiger partial charge in [0.25, 0.3) is 0 Å². The van der Waals surface area contributed by atoms with Gasteiger partial charge in [-0.3, -0.25) is 4.79 Å². The predicted octanol–water partition coefficient (Wildman–Crippen LogP) is 3.30. The number of nitrogens with zero attached hydrogens (tertiary/aromatic N) is 3. The zero-order valence-electron chi connectivity index (χ0n) is 12.5. The molecule has 1 aromatic rings. The summed E-state index contributed by atoms with van der Waals surface area (Å²) in [5.41, 5.74) is 10.1. The summed E-state index contributed by atoms with van der Waals surface area (Å²) < 4.78 is 0. The fraction of sp³-hybridized carbons (Fsp3) is 0.533. The third kappa shape index (κ3) is 6.29. The molecule has 0 bridgehead atoms. The second-order valence-corrected chi connectivity index (χ2v) is 5.37. The Morgan fingerprint density at radius 3 is 2.57 bits per heavy atom. The van der Waals surface area contributed by atoms with Gasteiger partial charge in [0.15, 0.2) is 0 Å². The number of carboxylic acids is 1. The van der Waals surface area contributed by atoms with E-state index in [1.807, 2.05) is 24.3 Å². The number of nitrogens with one attached hydrogen (secondary N) is 1. The van der Waals surface area contributed by atoms with Gasteiger partial charge in [-0.05, 0) is 42.0 Å². The van der Waals surface area contributed by atoms with Crippen LogP contribution < -0.4 is 5.32 Å². The van der Waals surface area contributed by atoms with Crippen molar-refractivity contribution in [3.63, 3.8) is 0 Å². The van der Waals surface area contributed by atoms with E-state index in [9.17, 15) is 9.90 Å². The second-order valence-electron chi connectivity index (χ2n) is 5.37. The number of hydrogen-bond acceptors (Lipinski definition) is 3. The number of carbonyl (C=O) groups is 1. The first-order valence-electron chi connectivity index (χ1n) is 7.10. The number of benzene rings is 1. The minimum atomic E-state index is -0.907. The Labute approximate surface area is 124 Å². The highest BCUT2D eigenvalue weighted by atomic mass is 16.4. The molecular formula is C15H22N4O2. The maximum Gasteiger partial charge on any atom is 0.325 e. The van der Waals surface area contributed by atoms with Gasteiger partial charge in [0.1, 0.15) is 6.04 Å². The van der Waals surface area contributed by atoms with Crippen LogP contribution in [0.15, 0.2) is 29.4 Å². The zero-order chi connectivity index (χ0) is 15.7. The summed E-state index contributed by atoms with van der Waals surface area (Å²) in [7, 11) is 0. The van der Waals surface area contributed by atoms with Gasteiger partial charge >= 0.3 is 5.97 Å². The average Bonchev–Trinajstić information content (AvgIpc) is 2.43. The SMILES string of the molecule is CC(C)Cc1ccc(C(NCCCN=[N+]=[N-])C(=O)O)cc1. The van der Waals surface area contributed by atoms with Crippen molar-refractivity contribution < 1.29 is 9.90 Å². The molecule has 1 aromatic carbocycles. The molecule has 0 amide bonds.